The molecule has 41 heavy (non-hydrogen) atoms. The van der Waals surface area contributed by atoms with Gasteiger partial charge in [-0.1, -0.05) is 41.4 Å². The Morgan fingerprint density at radius 3 is 2.49 bits per heavy atom. The van der Waals surface area contributed by atoms with Crippen LogP contribution in [0.1, 0.15) is 25.0 Å². The van der Waals surface area contributed by atoms with Crippen molar-refractivity contribution in [2.75, 3.05) is 37.0 Å². The van der Waals surface area contributed by atoms with Crippen LogP contribution in [0, 0.1) is 0 Å². The van der Waals surface area contributed by atoms with Crippen molar-refractivity contribution in [2.45, 2.75) is 20.5 Å². The van der Waals surface area contributed by atoms with Gasteiger partial charge in [-0.2, -0.15) is 0 Å². The van der Waals surface area contributed by atoms with Crippen LogP contribution < -0.4 is 19.7 Å². The molecule has 8 nitrogen and oxygen atoms in total. The van der Waals surface area contributed by atoms with Crippen LogP contribution in [0.4, 0.5) is 16.2 Å². The van der Waals surface area contributed by atoms with Crippen molar-refractivity contribution >= 4 is 69.5 Å². The van der Waals surface area contributed by atoms with E-state index in [0.717, 1.165) is 41.0 Å². The molecule has 0 spiro atoms. The summed E-state index contributed by atoms with van der Waals surface area (Å²) in [6.45, 7) is 5.46. The fraction of sp³-hybridized carbons (Fsp3) is 0.233. The first-order valence-electron chi connectivity index (χ1n) is 12.9. The maximum atomic E-state index is 13.2. The van der Waals surface area contributed by atoms with E-state index >= 15 is 0 Å². The van der Waals surface area contributed by atoms with E-state index in [2.05, 4.69) is 24.1 Å². The summed E-state index contributed by atoms with van der Waals surface area (Å²) in [7, 11) is 1.49. The molecule has 3 aromatic carbocycles. The van der Waals surface area contributed by atoms with Gasteiger partial charge in [-0.25, -0.2) is 0 Å². The van der Waals surface area contributed by atoms with Crippen molar-refractivity contribution in [1.29, 1.82) is 0 Å². The summed E-state index contributed by atoms with van der Waals surface area (Å²) in [5.41, 5.74) is 2.75. The van der Waals surface area contributed by atoms with E-state index in [1.165, 1.54) is 7.11 Å². The molecule has 1 saturated heterocycles. The van der Waals surface area contributed by atoms with E-state index in [1.807, 2.05) is 18.2 Å². The summed E-state index contributed by atoms with van der Waals surface area (Å²) >= 11 is 13.1. The second-order valence-electron chi connectivity index (χ2n) is 8.94. The Labute approximate surface area is 253 Å². The maximum absolute atomic E-state index is 13.2. The summed E-state index contributed by atoms with van der Waals surface area (Å²) in [5.74, 6) is -0.100. The number of carbonyl (C=O) groups excluding carboxylic acids is 3. The Kier molecular flexibility index (Phi) is 10.2. The maximum Gasteiger partial charge on any atom is 0.294 e. The average molecular weight is 615 g/mol. The zero-order valence-electron chi connectivity index (χ0n) is 22.8. The Morgan fingerprint density at radius 1 is 1.02 bits per heavy atom. The minimum absolute atomic E-state index is 0.170. The Hall–Kier alpha value is -3.66. The van der Waals surface area contributed by atoms with Gasteiger partial charge in [0.25, 0.3) is 11.1 Å². The zero-order valence-corrected chi connectivity index (χ0v) is 25.1. The van der Waals surface area contributed by atoms with Crippen molar-refractivity contribution in [2.24, 2.45) is 0 Å². The number of thioether (sulfide) groups is 1. The highest BCUT2D eigenvalue weighted by atomic mass is 35.5. The summed E-state index contributed by atoms with van der Waals surface area (Å²) in [4.78, 5) is 41.9. The van der Waals surface area contributed by atoms with Crippen LogP contribution >= 0.6 is 35.0 Å². The average Bonchev–Trinajstić information content (AvgIpc) is 3.21. The van der Waals surface area contributed by atoms with Crippen LogP contribution in [-0.2, 0) is 16.2 Å². The number of hydrogen-bond acceptors (Lipinski definition) is 7. The first-order valence-corrected chi connectivity index (χ1v) is 14.4. The lowest BCUT2D eigenvalue weighted by molar-refractivity contribution is -0.127. The normalized spacial score (nSPS) is 14.0. The number of methoxy groups -OCH3 is 1. The molecular formula is C30H29Cl2N3O5S. The lowest BCUT2D eigenvalue weighted by atomic mass is 10.1. The van der Waals surface area contributed by atoms with Crippen molar-refractivity contribution in [3.05, 3.63) is 86.7 Å². The van der Waals surface area contributed by atoms with E-state index in [0.29, 0.717) is 32.8 Å². The van der Waals surface area contributed by atoms with Gasteiger partial charge in [0, 0.05) is 46.0 Å². The first-order chi connectivity index (χ1) is 19.7. The summed E-state index contributed by atoms with van der Waals surface area (Å²) < 4.78 is 11.4. The Bertz CT molecular complexity index is 1490. The molecule has 0 radical (unpaired) electrons. The van der Waals surface area contributed by atoms with Crippen LogP contribution in [0.25, 0.3) is 6.08 Å². The number of nitrogens with zero attached hydrogens (tertiary/aromatic N) is 2. The van der Waals surface area contributed by atoms with E-state index in [4.69, 9.17) is 32.7 Å². The highest BCUT2D eigenvalue weighted by molar-refractivity contribution is 8.18. The first kappa shape index (κ1) is 30.3. The third-order valence-corrected chi connectivity index (χ3v) is 7.86. The van der Waals surface area contributed by atoms with E-state index < -0.39 is 23.6 Å². The topological polar surface area (TPSA) is 88.2 Å². The van der Waals surface area contributed by atoms with Crippen molar-refractivity contribution in [3.8, 4) is 11.5 Å². The fourth-order valence-electron chi connectivity index (χ4n) is 4.21. The number of nitrogens with one attached hydrogen (secondary N) is 1. The van der Waals surface area contributed by atoms with Crippen LogP contribution in [0.2, 0.25) is 10.0 Å². The van der Waals surface area contributed by atoms with Gasteiger partial charge in [0.2, 0.25) is 5.91 Å². The Balaban J connectivity index is 1.56. The molecule has 0 aromatic heterocycles. The lowest BCUT2D eigenvalue weighted by Gasteiger charge is -2.22. The second-order valence-corrected chi connectivity index (χ2v) is 10.8. The Morgan fingerprint density at radius 2 is 1.78 bits per heavy atom. The molecule has 0 atom stereocenters. The summed E-state index contributed by atoms with van der Waals surface area (Å²) in [6, 6.07) is 17.7. The predicted octanol–water partition coefficient (Wildman–Crippen LogP) is 7.10. The van der Waals surface area contributed by atoms with Gasteiger partial charge in [0.05, 0.1) is 17.7 Å². The number of hydrogen-bond donors (Lipinski definition) is 1. The second kappa shape index (κ2) is 13.8. The molecule has 214 valence electrons. The largest absolute Gasteiger partial charge is 0.495 e. The quantitative estimate of drug-likeness (QED) is 0.231. The summed E-state index contributed by atoms with van der Waals surface area (Å²) in [5, 5.41) is 3.15. The van der Waals surface area contributed by atoms with Gasteiger partial charge in [-0.3, -0.25) is 19.3 Å². The van der Waals surface area contributed by atoms with Crippen molar-refractivity contribution in [1.82, 2.24) is 4.90 Å². The van der Waals surface area contributed by atoms with Gasteiger partial charge in [-0.15, -0.1) is 0 Å². The number of ether oxygens (including phenoxy) is 2. The molecule has 11 heteroatoms. The van der Waals surface area contributed by atoms with E-state index in [1.54, 1.807) is 48.5 Å². The number of halogens is 2. The van der Waals surface area contributed by atoms with Crippen LogP contribution in [0.15, 0.2) is 65.6 Å². The molecular weight excluding hydrogens is 585 g/mol. The van der Waals surface area contributed by atoms with E-state index in [9.17, 15) is 14.4 Å². The third kappa shape index (κ3) is 7.35. The number of anilines is 2. The van der Waals surface area contributed by atoms with Gasteiger partial charge in [0.15, 0.2) is 0 Å². The van der Waals surface area contributed by atoms with Gasteiger partial charge < -0.3 is 19.7 Å². The molecule has 4 rings (SSSR count). The summed E-state index contributed by atoms with van der Waals surface area (Å²) in [6.07, 6.45) is 1.61. The predicted molar refractivity (Wildman–Crippen MR) is 165 cm³/mol. The molecule has 0 saturated carbocycles. The number of para-hydroxylation sites is 2. The molecule has 1 aliphatic heterocycles. The van der Waals surface area contributed by atoms with E-state index in [-0.39, 0.29) is 11.5 Å². The van der Waals surface area contributed by atoms with Gasteiger partial charge in [0.1, 0.15) is 24.7 Å². The van der Waals surface area contributed by atoms with Crippen molar-refractivity contribution in [3.63, 3.8) is 0 Å². The molecule has 0 bridgehead atoms. The van der Waals surface area contributed by atoms with Gasteiger partial charge in [-0.05, 0) is 68.1 Å². The minimum Gasteiger partial charge on any atom is -0.495 e. The van der Waals surface area contributed by atoms with Crippen LogP contribution in [0.5, 0.6) is 11.5 Å². The number of amides is 3. The molecule has 1 N–H and O–H groups in total. The monoisotopic (exact) mass is 613 g/mol. The molecule has 3 amide bonds. The molecule has 1 aliphatic rings. The molecule has 1 heterocycles. The number of rotatable bonds is 11. The number of carbonyl (C=O) groups is 3. The molecule has 1 fully saturated rings. The van der Waals surface area contributed by atoms with Crippen molar-refractivity contribution < 1.29 is 23.9 Å². The molecule has 0 unspecified atom stereocenters. The van der Waals surface area contributed by atoms with Gasteiger partial charge >= 0.3 is 0 Å². The van der Waals surface area contributed by atoms with Crippen LogP contribution in [-0.4, -0.2) is 48.7 Å². The highest BCUT2D eigenvalue weighted by Gasteiger charge is 2.36. The fourth-order valence-corrected chi connectivity index (χ4v) is 5.50. The standard InChI is InChI=1S/C30H29Cl2N3O5S/c1-4-34(5-2)22-13-11-19(26(16-22)40-18-20-10-12-21(31)15-23(20)32)14-27-29(37)35(30(38)41-27)17-28(36)33-24-8-6-7-9-25(24)39-3/h6-16H,4-5,17-18H2,1-3H3,(H,33,36)/b27-14+. The SMILES string of the molecule is CCN(CC)c1ccc(/C=C2/SC(=O)N(CC(=O)Nc3ccccc3OC)C2=O)c(OCc2ccc(Cl)cc2Cl)c1. The lowest BCUT2D eigenvalue weighted by Crippen LogP contribution is -2.36. The number of imide groups is 1. The number of benzene rings is 3. The molecule has 3 aromatic rings. The highest BCUT2D eigenvalue weighted by Crippen LogP contribution is 2.36. The third-order valence-electron chi connectivity index (χ3n) is 6.37. The smallest absolute Gasteiger partial charge is 0.294 e. The van der Waals surface area contributed by atoms with Crippen LogP contribution in [0.3, 0.4) is 0 Å². The molecule has 0 aliphatic carbocycles. The zero-order chi connectivity index (χ0) is 29.5. The minimum atomic E-state index is -0.560.